The minimum Gasteiger partial charge on any atom is -0.325 e. The molecule has 4 saturated carbocycles. The Morgan fingerprint density at radius 3 is 2.33 bits per heavy atom. The maximum atomic E-state index is 6.20. The number of hydrogen-bond acceptors (Lipinski definition) is 2. The SMILES string of the molecule is NCc1c(Cl)cnn1C1C2CC3CC(C2)CC1C3. The fourth-order valence-corrected chi connectivity index (χ4v) is 5.32. The molecule has 0 radical (unpaired) electrons. The molecule has 0 amide bonds. The van der Waals surface area contributed by atoms with Gasteiger partial charge >= 0.3 is 0 Å². The second kappa shape index (κ2) is 3.97. The summed E-state index contributed by atoms with van der Waals surface area (Å²) in [6.45, 7) is 0.502. The molecule has 0 aromatic carbocycles. The fraction of sp³-hybridized carbons (Fsp3) is 0.786. The van der Waals surface area contributed by atoms with E-state index in [1.807, 2.05) is 0 Å². The van der Waals surface area contributed by atoms with Crippen LogP contribution in [0.4, 0.5) is 0 Å². The molecule has 2 N–H and O–H groups in total. The van der Waals surface area contributed by atoms with Gasteiger partial charge in [0.25, 0.3) is 0 Å². The van der Waals surface area contributed by atoms with Crippen LogP contribution in [0.1, 0.15) is 43.8 Å². The lowest BCUT2D eigenvalue weighted by molar-refractivity contribution is -0.0346. The van der Waals surface area contributed by atoms with Gasteiger partial charge in [0.15, 0.2) is 0 Å². The number of halogens is 1. The monoisotopic (exact) mass is 265 g/mol. The van der Waals surface area contributed by atoms with Crippen LogP contribution in [0.3, 0.4) is 0 Å². The Bertz CT molecular complexity index is 440. The van der Waals surface area contributed by atoms with Gasteiger partial charge in [0.2, 0.25) is 0 Å². The van der Waals surface area contributed by atoms with Gasteiger partial charge in [0, 0.05) is 6.54 Å². The molecule has 5 rings (SSSR count). The fourth-order valence-electron chi connectivity index (χ4n) is 5.11. The number of aromatic nitrogens is 2. The molecule has 0 aliphatic heterocycles. The van der Waals surface area contributed by atoms with Crippen LogP contribution in [0, 0.1) is 23.7 Å². The number of nitrogens with zero attached hydrogens (tertiary/aromatic N) is 2. The van der Waals surface area contributed by atoms with Crippen molar-refractivity contribution in [2.45, 2.75) is 44.7 Å². The third kappa shape index (κ3) is 1.50. The van der Waals surface area contributed by atoms with Gasteiger partial charge in [-0.1, -0.05) is 11.6 Å². The van der Waals surface area contributed by atoms with Crippen molar-refractivity contribution in [3.63, 3.8) is 0 Å². The molecule has 4 heteroatoms. The number of hydrogen-bond donors (Lipinski definition) is 1. The van der Waals surface area contributed by atoms with Gasteiger partial charge in [-0.2, -0.15) is 5.10 Å². The molecule has 0 atom stereocenters. The van der Waals surface area contributed by atoms with Crippen molar-refractivity contribution in [2.75, 3.05) is 0 Å². The van der Waals surface area contributed by atoms with Crippen molar-refractivity contribution >= 4 is 11.6 Å². The Morgan fingerprint density at radius 2 is 1.78 bits per heavy atom. The van der Waals surface area contributed by atoms with Gasteiger partial charge in [-0.15, -0.1) is 0 Å². The zero-order valence-corrected chi connectivity index (χ0v) is 11.3. The molecule has 1 aromatic heterocycles. The van der Waals surface area contributed by atoms with Crippen molar-refractivity contribution < 1.29 is 0 Å². The third-order valence-electron chi connectivity index (χ3n) is 5.50. The second-order valence-corrected chi connectivity index (χ2v) is 6.92. The van der Waals surface area contributed by atoms with Gasteiger partial charge in [-0.05, 0) is 55.8 Å². The van der Waals surface area contributed by atoms with Crippen LogP contribution in [0.15, 0.2) is 6.20 Å². The summed E-state index contributed by atoms with van der Waals surface area (Å²) in [6, 6.07) is 0.573. The summed E-state index contributed by atoms with van der Waals surface area (Å²) in [5.41, 5.74) is 6.88. The lowest BCUT2D eigenvalue weighted by atomic mass is 9.54. The second-order valence-electron chi connectivity index (χ2n) is 6.51. The van der Waals surface area contributed by atoms with E-state index in [1.54, 1.807) is 6.20 Å². The minimum absolute atomic E-state index is 0.502. The highest BCUT2D eigenvalue weighted by Gasteiger charge is 2.49. The van der Waals surface area contributed by atoms with Crippen molar-refractivity contribution in [1.29, 1.82) is 0 Å². The maximum absolute atomic E-state index is 6.20. The molecule has 98 valence electrons. The van der Waals surface area contributed by atoms with E-state index in [-0.39, 0.29) is 0 Å². The van der Waals surface area contributed by atoms with E-state index in [0.29, 0.717) is 12.6 Å². The summed E-state index contributed by atoms with van der Waals surface area (Å²) in [4.78, 5) is 0. The zero-order valence-electron chi connectivity index (χ0n) is 10.6. The maximum Gasteiger partial charge on any atom is 0.0831 e. The summed E-state index contributed by atoms with van der Waals surface area (Å²) >= 11 is 6.20. The van der Waals surface area contributed by atoms with E-state index in [0.717, 1.165) is 34.4 Å². The quantitative estimate of drug-likeness (QED) is 0.893. The molecular weight excluding hydrogens is 246 g/mol. The van der Waals surface area contributed by atoms with Gasteiger partial charge in [0.1, 0.15) is 0 Å². The van der Waals surface area contributed by atoms with Crippen molar-refractivity contribution in [3.05, 3.63) is 16.9 Å². The van der Waals surface area contributed by atoms with Gasteiger partial charge in [-0.3, -0.25) is 4.68 Å². The molecular formula is C14H20ClN3. The average molecular weight is 266 g/mol. The third-order valence-corrected chi connectivity index (χ3v) is 5.82. The number of nitrogens with two attached hydrogens (primary N) is 1. The Labute approximate surface area is 113 Å². The van der Waals surface area contributed by atoms with Crippen molar-refractivity contribution in [3.8, 4) is 0 Å². The Hall–Kier alpha value is -0.540. The van der Waals surface area contributed by atoms with Crippen LogP contribution in [0.5, 0.6) is 0 Å². The van der Waals surface area contributed by atoms with Crippen LogP contribution < -0.4 is 5.73 Å². The average Bonchev–Trinajstić information content (AvgIpc) is 2.69. The summed E-state index contributed by atoms with van der Waals surface area (Å²) in [5, 5.41) is 5.28. The van der Waals surface area contributed by atoms with Gasteiger partial charge in [-0.25, -0.2) is 0 Å². The van der Waals surface area contributed by atoms with Crippen LogP contribution in [0.2, 0.25) is 5.02 Å². The van der Waals surface area contributed by atoms with Crippen LogP contribution >= 0.6 is 11.6 Å². The molecule has 3 nitrogen and oxygen atoms in total. The highest BCUT2D eigenvalue weighted by molar-refractivity contribution is 6.31. The smallest absolute Gasteiger partial charge is 0.0831 e. The van der Waals surface area contributed by atoms with Crippen LogP contribution in [0.25, 0.3) is 0 Å². The van der Waals surface area contributed by atoms with Crippen molar-refractivity contribution in [1.82, 2.24) is 9.78 Å². The van der Waals surface area contributed by atoms with Crippen LogP contribution in [-0.4, -0.2) is 9.78 Å². The Balaban J connectivity index is 1.72. The standard InChI is InChI=1S/C14H20ClN3/c15-12-7-17-18(13(12)6-16)14-10-2-8-1-9(4-10)5-11(14)3-8/h7-11,14H,1-6,16H2. The Morgan fingerprint density at radius 1 is 1.17 bits per heavy atom. The molecule has 18 heavy (non-hydrogen) atoms. The molecule has 1 aromatic rings. The first kappa shape index (κ1) is 11.3. The molecule has 4 fully saturated rings. The minimum atomic E-state index is 0.502. The first-order valence-corrected chi connectivity index (χ1v) is 7.56. The lowest BCUT2D eigenvalue weighted by Gasteiger charge is -2.54. The summed E-state index contributed by atoms with van der Waals surface area (Å²) in [7, 11) is 0. The molecule has 0 spiro atoms. The summed E-state index contributed by atoms with van der Waals surface area (Å²) < 4.78 is 2.18. The van der Waals surface area contributed by atoms with E-state index >= 15 is 0 Å². The number of rotatable bonds is 2. The predicted molar refractivity (Wildman–Crippen MR) is 71.2 cm³/mol. The van der Waals surface area contributed by atoms with Gasteiger partial charge < -0.3 is 5.73 Å². The first-order valence-electron chi connectivity index (χ1n) is 7.18. The largest absolute Gasteiger partial charge is 0.325 e. The first-order chi connectivity index (χ1) is 8.76. The summed E-state index contributed by atoms with van der Waals surface area (Å²) in [6.07, 6.45) is 8.87. The lowest BCUT2D eigenvalue weighted by Crippen LogP contribution is -2.46. The molecule has 4 bridgehead atoms. The zero-order chi connectivity index (χ0) is 12.3. The van der Waals surface area contributed by atoms with E-state index in [2.05, 4.69) is 9.78 Å². The van der Waals surface area contributed by atoms with Crippen LogP contribution in [-0.2, 0) is 6.54 Å². The van der Waals surface area contributed by atoms with E-state index in [1.165, 1.54) is 32.1 Å². The summed E-state index contributed by atoms with van der Waals surface area (Å²) in [5.74, 6) is 3.64. The van der Waals surface area contributed by atoms with Crippen molar-refractivity contribution in [2.24, 2.45) is 29.4 Å². The van der Waals surface area contributed by atoms with E-state index in [4.69, 9.17) is 17.3 Å². The highest BCUT2D eigenvalue weighted by Crippen LogP contribution is 2.58. The predicted octanol–water partition coefficient (Wildman–Crippen LogP) is 2.99. The van der Waals surface area contributed by atoms with E-state index < -0.39 is 0 Å². The molecule has 1 heterocycles. The normalized spacial score (nSPS) is 41.6. The molecule has 4 aliphatic rings. The molecule has 0 unspecified atom stereocenters. The van der Waals surface area contributed by atoms with Gasteiger partial charge in [0.05, 0.1) is 23.0 Å². The highest BCUT2D eigenvalue weighted by atomic mass is 35.5. The molecule has 0 saturated heterocycles. The van der Waals surface area contributed by atoms with E-state index in [9.17, 15) is 0 Å². The molecule has 4 aliphatic carbocycles. The Kier molecular flexibility index (Phi) is 2.50. The topological polar surface area (TPSA) is 43.8 Å².